The van der Waals surface area contributed by atoms with Crippen LogP contribution >= 0.6 is 0 Å². The van der Waals surface area contributed by atoms with E-state index in [-0.39, 0.29) is 12.1 Å². The smallest absolute Gasteiger partial charge is 0.319 e. The number of urea groups is 1. The number of benzene rings is 1. The Kier molecular flexibility index (Phi) is 6.36. The Labute approximate surface area is 115 Å². The van der Waals surface area contributed by atoms with Crippen molar-refractivity contribution >= 4 is 11.7 Å². The fourth-order valence-corrected chi connectivity index (χ4v) is 1.79. The normalized spacial score (nSPS) is 12.3. The first-order valence-corrected chi connectivity index (χ1v) is 6.89. The van der Waals surface area contributed by atoms with Gasteiger partial charge >= 0.3 is 6.03 Å². The number of anilines is 1. The van der Waals surface area contributed by atoms with Crippen molar-refractivity contribution in [2.24, 2.45) is 11.7 Å². The molecule has 0 fully saturated rings. The lowest BCUT2D eigenvalue weighted by Gasteiger charge is -2.11. The molecule has 0 aliphatic heterocycles. The largest absolute Gasteiger partial charge is 0.338 e. The standard InChI is InChI=1S/C15H25N3O/c1-11(2)6-5-9-17-15(19)18-14-8-4-7-13(10-14)12(3)16/h4,7-8,10-12H,5-6,9,16H2,1-3H3,(H2,17,18,19). The van der Waals surface area contributed by atoms with Crippen molar-refractivity contribution in [3.63, 3.8) is 0 Å². The highest BCUT2D eigenvalue weighted by atomic mass is 16.2. The minimum atomic E-state index is -0.161. The number of carbonyl (C=O) groups is 1. The van der Waals surface area contributed by atoms with Crippen LogP contribution in [0.5, 0.6) is 0 Å². The Morgan fingerprint density at radius 2 is 2.05 bits per heavy atom. The van der Waals surface area contributed by atoms with Gasteiger partial charge in [-0.15, -0.1) is 0 Å². The third-order valence-corrected chi connectivity index (χ3v) is 2.91. The first-order chi connectivity index (χ1) is 8.99. The van der Waals surface area contributed by atoms with E-state index in [1.54, 1.807) is 0 Å². The van der Waals surface area contributed by atoms with Crippen LogP contribution in [0.3, 0.4) is 0 Å². The third-order valence-electron chi connectivity index (χ3n) is 2.91. The van der Waals surface area contributed by atoms with Crippen molar-refractivity contribution in [2.75, 3.05) is 11.9 Å². The molecule has 1 unspecified atom stereocenters. The van der Waals surface area contributed by atoms with Crippen LogP contribution in [0.4, 0.5) is 10.5 Å². The lowest BCUT2D eigenvalue weighted by molar-refractivity contribution is 0.251. The van der Waals surface area contributed by atoms with E-state index in [4.69, 9.17) is 5.73 Å². The van der Waals surface area contributed by atoms with Gasteiger partial charge in [-0.3, -0.25) is 0 Å². The summed E-state index contributed by atoms with van der Waals surface area (Å²) in [5.74, 6) is 0.674. The van der Waals surface area contributed by atoms with E-state index < -0.39 is 0 Å². The number of nitrogens with one attached hydrogen (secondary N) is 2. The Balaban J connectivity index is 2.37. The van der Waals surface area contributed by atoms with Crippen molar-refractivity contribution in [1.29, 1.82) is 0 Å². The van der Waals surface area contributed by atoms with Crippen LogP contribution in [0.1, 0.15) is 45.2 Å². The summed E-state index contributed by atoms with van der Waals surface area (Å²) in [4.78, 5) is 11.7. The molecule has 0 saturated heterocycles. The second-order valence-electron chi connectivity index (χ2n) is 5.33. The molecule has 1 rings (SSSR count). The summed E-state index contributed by atoms with van der Waals surface area (Å²) in [5, 5.41) is 5.67. The van der Waals surface area contributed by atoms with Crippen molar-refractivity contribution in [2.45, 2.75) is 39.7 Å². The molecule has 1 aromatic carbocycles. The maximum atomic E-state index is 11.7. The lowest BCUT2D eigenvalue weighted by Crippen LogP contribution is -2.29. The van der Waals surface area contributed by atoms with Gasteiger partial charge in [0.15, 0.2) is 0 Å². The molecule has 4 heteroatoms. The van der Waals surface area contributed by atoms with Crippen molar-refractivity contribution in [3.8, 4) is 0 Å². The molecule has 0 spiro atoms. The molecule has 0 bridgehead atoms. The molecule has 4 N–H and O–H groups in total. The highest BCUT2D eigenvalue weighted by Crippen LogP contribution is 2.15. The molecule has 106 valence electrons. The highest BCUT2D eigenvalue weighted by Gasteiger charge is 2.04. The summed E-state index contributed by atoms with van der Waals surface area (Å²) in [6.07, 6.45) is 2.13. The fraction of sp³-hybridized carbons (Fsp3) is 0.533. The van der Waals surface area contributed by atoms with Gasteiger partial charge in [0.2, 0.25) is 0 Å². The number of hydrogen-bond donors (Lipinski definition) is 3. The summed E-state index contributed by atoms with van der Waals surface area (Å²) >= 11 is 0. The van der Waals surface area contributed by atoms with Crippen molar-refractivity contribution in [3.05, 3.63) is 29.8 Å². The van der Waals surface area contributed by atoms with Crippen LogP contribution in [0.25, 0.3) is 0 Å². The molecule has 0 aliphatic rings. The summed E-state index contributed by atoms with van der Waals surface area (Å²) in [7, 11) is 0. The van der Waals surface area contributed by atoms with E-state index in [0.717, 1.165) is 24.1 Å². The minimum absolute atomic E-state index is 0.0316. The van der Waals surface area contributed by atoms with Gasteiger partial charge in [-0.05, 0) is 43.4 Å². The van der Waals surface area contributed by atoms with Crippen LogP contribution in [0, 0.1) is 5.92 Å². The quantitative estimate of drug-likeness (QED) is 0.690. The van der Waals surface area contributed by atoms with Crippen LogP contribution in [-0.4, -0.2) is 12.6 Å². The number of rotatable bonds is 6. The summed E-state index contributed by atoms with van der Waals surface area (Å²) in [5.41, 5.74) is 7.60. The fourth-order valence-electron chi connectivity index (χ4n) is 1.79. The Morgan fingerprint density at radius 1 is 1.32 bits per heavy atom. The van der Waals surface area contributed by atoms with E-state index in [1.165, 1.54) is 0 Å². The zero-order chi connectivity index (χ0) is 14.3. The van der Waals surface area contributed by atoms with E-state index in [1.807, 2.05) is 31.2 Å². The minimum Gasteiger partial charge on any atom is -0.338 e. The second kappa shape index (κ2) is 7.79. The average molecular weight is 263 g/mol. The van der Waals surface area contributed by atoms with E-state index in [2.05, 4.69) is 24.5 Å². The van der Waals surface area contributed by atoms with E-state index >= 15 is 0 Å². The van der Waals surface area contributed by atoms with Gasteiger partial charge in [-0.2, -0.15) is 0 Å². The molecule has 0 radical (unpaired) electrons. The Morgan fingerprint density at radius 3 is 2.68 bits per heavy atom. The summed E-state index contributed by atoms with van der Waals surface area (Å²) in [6.45, 7) is 6.99. The molecule has 4 nitrogen and oxygen atoms in total. The monoisotopic (exact) mass is 263 g/mol. The molecule has 0 aliphatic carbocycles. The predicted molar refractivity (Wildman–Crippen MR) is 80.1 cm³/mol. The Hall–Kier alpha value is -1.55. The molecular weight excluding hydrogens is 238 g/mol. The topological polar surface area (TPSA) is 67.2 Å². The first-order valence-electron chi connectivity index (χ1n) is 6.89. The van der Waals surface area contributed by atoms with Gasteiger partial charge in [0.1, 0.15) is 0 Å². The van der Waals surface area contributed by atoms with E-state index in [0.29, 0.717) is 12.5 Å². The van der Waals surface area contributed by atoms with E-state index in [9.17, 15) is 4.79 Å². The predicted octanol–water partition coefficient (Wildman–Crippen LogP) is 3.26. The molecule has 0 aromatic heterocycles. The third kappa shape index (κ3) is 6.25. The molecule has 0 saturated carbocycles. The average Bonchev–Trinajstić information content (AvgIpc) is 2.34. The van der Waals surface area contributed by atoms with Gasteiger partial charge in [0, 0.05) is 18.3 Å². The van der Waals surface area contributed by atoms with Gasteiger partial charge in [-0.25, -0.2) is 4.79 Å². The van der Waals surface area contributed by atoms with Crippen molar-refractivity contribution in [1.82, 2.24) is 5.32 Å². The number of hydrogen-bond acceptors (Lipinski definition) is 2. The molecule has 19 heavy (non-hydrogen) atoms. The van der Waals surface area contributed by atoms with Gasteiger partial charge < -0.3 is 16.4 Å². The summed E-state index contributed by atoms with van der Waals surface area (Å²) < 4.78 is 0. The molecule has 1 aromatic rings. The maximum absolute atomic E-state index is 11.7. The first kappa shape index (κ1) is 15.5. The summed E-state index contributed by atoms with van der Waals surface area (Å²) in [6, 6.07) is 7.42. The van der Waals surface area contributed by atoms with Gasteiger partial charge in [0.25, 0.3) is 0 Å². The molecular formula is C15H25N3O. The lowest BCUT2D eigenvalue weighted by atomic mass is 10.1. The van der Waals surface area contributed by atoms with Crippen LogP contribution in [0.15, 0.2) is 24.3 Å². The SMILES string of the molecule is CC(C)CCCNC(=O)Nc1cccc(C(C)N)c1. The van der Waals surface area contributed by atoms with Crippen molar-refractivity contribution < 1.29 is 4.79 Å². The van der Waals surface area contributed by atoms with Crippen LogP contribution < -0.4 is 16.4 Å². The molecule has 2 amide bonds. The van der Waals surface area contributed by atoms with Crippen LogP contribution in [-0.2, 0) is 0 Å². The van der Waals surface area contributed by atoms with Gasteiger partial charge in [0.05, 0.1) is 0 Å². The van der Waals surface area contributed by atoms with Crippen LogP contribution in [0.2, 0.25) is 0 Å². The number of nitrogens with two attached hydrogens (primary N) is 1. The number of carbonyl (C=O) groups excluding carboxylic acids is 1. The maximum Gasteiger partial charge on any atom is 0.319 e. The number of amides is 2. The van der Waals surface area contributed by atoms with Gasteiger partial charge in [-0.1, -0.05) is 26.0 Å². The second-order valence-corrected chi connectivity index (χ2v) is 5.33. The molecule has 0 heterocycles. The molecule has 1 atom stereocenters. The highest BCUT2D eigenvalue weighted by molar-refractivity contribution is 5.89. The Bertz CT molecular complexity index is 402. The zero-order valence-corrected chi connectivity index (χ0v) is 12.1. The zero-order valence-electron chi connectivity index (χ0n) is 12.1.